The van der Waals surface area contributed by atoms with Crippen LogP contribution in [-0.2, 0) is 0 Å². The number of benzene rings is 1. The van der Waals surface area contributed by atoms with Gasteiger partial charge in [-0.3, -0.25) is 4.98 Å². The lowest BCUT2D eigenvalue weighted by Gasteiger charge is -2.11. The number of nitrogen functional groups attached to an aromatic ring is 1. The molecular formula is C17H16ClN3. The van der Waals surface area contributed by atoms with Crippen LogP contribution in [0.1, 0.15) is 24.5 Å². The molecule has 2 aromatic heterocycles. The Labute approximate surface area is 129 Å². The fourth-order valence-corrected chi connectivity index (χ4v) is 2.73. The minimum Gasteiger partial charge on any atom is -0.384 e. The molecule has 1 saturated carbocycles. The summed E-state index contributed by atoms with van der Waals surface area (Å²) < 4.78 is 0. The van der Waals surface area contributed by atoms with Crippen LogP contribution in [0.5, 0.6) is 0 Å². The van der Waals surface area contributed by atoms with E-state index in [4.69, 9.17) is 5.73 Å². The third-order valence-electron chi connectivity index (χ3n) is 3.88. The molecule has 1 aliphatic rings. The summed E-state index contributed by atoms with van der Waals surface area (Å²) in [5.74, 6) is 1.18. The molecule has 106 valence electrons. The van der Waals surface area contributed by atoms with Gasteiger partial charge in [-0.25, -0.2) is 4.98 Å². The first kappa shape index (κ1) is 13.8. The zero-order chi connectivity index (χ0) is 13.5. The predicted octanol–water partition coefficient (Wildman–Crippen LogP) is 4.18. The lowest BCUT2D eigenvalue weighted by Crippen LogP contribution is -1.97. The summed E-state index contributed by atoms with van der Waals surface area (Å²) in [6.07, 6.45) is 6.19. The fourth-order valence-electron chi connectivity index (χ4n) is 2.73. The summed E-state index contributed by atoms with van der Waals surface area (Å²) in [4.78, 5) is 8.84. The van der Waals surface area contributed by atoms with E-state index in [9.17, 15) is 0 Å². The van der Waals surface area contributed by atoms with E-state index in [1.54, 1.807) is 0 Å². The molecule has 0 aliphatic heterocycles. The summed E-state index contributed by atoms with van der Waals surface area (Å²) in [6, 6.07) is 12.4. The second kappa shape index (κ2) is 5.34. The monoisotopic (exact) mass is 297 g/mol. The molecule has 2 heterocycles. The van der Waals surface area contributed by atoms with Gasteiger partial charge in [0.1, 0.15) is 5.82 Å². The molecule has 1 aliphatic carbocycles. The van der Waals surface area contributed by atoms with E-state index >= 15 is 0 Å². The lowest BCUT2D eigenvalue weighted by molar-refractivity contribution is 1.03. The number of nitrogens with zero attached hydrogens (tertiary/aromatic N) is 2. The molecule has 4 heteroatoms. The normalized spacial score (nSPS) is 13.9. The Morgan fingerprint density at radius 1 is 1.00 bits per heavy atom. The van der Waals surface area contributed by atoms with Crippen molar-refractivity contribution >= 4 is 29.0 Å². The van der Waals surface area contributed by atoms with E-state index in [2.05, 4.69) is 34.2 Å². The van der Waals surface area contributed by atoms with Gasteiger partial charge in [-0.05, 0) is 42.0 Å². The average Bonchev–Trinajstić information content (AvgIpc) is 3.31. The molecule has 21 heavy (non-hydrogen) atoms. The van der Waals surface area contributed by atoms with Gasteiger partial charge in [0.15, 0.2) is 0 Å². The molecule has 1 aromatic carbocycles. The first-order valence-corrected chi connectivity index (χ1v) is 6.92. The van der Waals surface area contributed by atoms with Crippen molar-refractivity contribution in [2.45, 2.75) is 18.8 Å². The molecule has 0 spiro atoms. The van der Waals surface area contributed by atoms with Crippen LogP contribution in [0, 0.1) is 0 Å². The Kier molecular flexibility index (Phi) is 3.52. The van der Waals surface area contributed by atoms with Crippen molar-refractivity contribution in [3.05, 3.63) is 54.5 Å². The van der Waals surface area contributed by atoms with Gasteiger partial charge in [-0.15, -0.1) is 12.4 Å². The van der Waals surface area contributed by atoms with Gasteiger partial charge < -0.3 is 5.73 Å². The van der Waals surface area contributed by atoms with Crippen molar-refractivity contribution in [3.63, 3.8) is 0 Å². The van der Waals surface area contributed by atoms with E-state index in [1.807, 2.05) is 24.5 Å². The molecule has 3 aromatic rings. The number of rotatable bonds is 2. The molecule has 0 radical (unpaired) electrons. The molecule has 3 nitrogen and oxygen atoms in total. The number of fused-ring (bicyclic) bond motifs is 1. The molecule has 0 saturated heterocycles. The predicted molar refractivity (Wildman–Crippen MR) is 88.6 cm³/mol. The van der Waals surface area contributed by atoms with Gasteiger partial charge in [-0.1, -0.05) is 18.2 Å². The zero-order valence-corrected chi connectivity index (χ0v) is 12.3. The molecule has 0 amide bonds. The number of aromatic nitrogens is 2. The first-order valence-electron chi connectivity index (χ1n) is 6.92. The summed E-state index contributed by atoms with van der Waals surface area (Å²) in [5, 5.41) is 2.37. The third-order valence-corrected chi connectivity index (χ3v) is 3.88. The molecular weight excluding hydrogens is 282 g/mol. The largest absolute Gasteiger partial charge is 0.384 e. The van der Waals surface area contributed by atoms with Gasteiger partial charge in [0.25, 0.3) is 0 Å². The maximum absolute atomic E-state index is 5.86. The second-order valence-electron chi connectivity index (χ2n) is 5.35. The van der Waals surface area contributed by atoms with Gasteiger partial charge in [0.2, 0.25) is 0 Å². The number of hydrogen-bond acceptors (Lipinski definition) is 3. The quantitative estimate of drug-likeness (QED) is 0.772. The lowest BCUT2D eigenvalue weighted by atomic mass is 9.97. The number of hydrogen-bond donors (Lipinski definition) is 1. The summed E-state index contributed by atoms with van der Waals surface area (Å²) in [5.41, 5.74) is 9.39. The highest BCUT2D eigenvalue weighted by molar-refractivity contribution is 5.96. The van der Waals surface area contributed by atoms with E-state index in [1.165, 1.54) is 34.7 Å². The van der Waals surface area contributed by atoms with Crippen LogP contribution >= 0.6 is 12.4 Å². The van der Waals surface area contributed by atoms with Gasteiger partial charge >= 0.3 is 0 Å². The number of halogens is 1. The highest BCUT2D eigenvalue weighted by Crippen LogP contribution is 2.44. The van der Waals surface area contributed by atoms with Crippen molar-refractivity contribution in [1.82, 2.24) is 9.97 Å². The van der Waals surface area contributed by atoms with Crippen molar-refractivity contribution in [3.8, 4) is 11.1 Å². The van der Waals surface area contributed by atoms with Crippen molar-refractivity contribution in [2.75, 3.05) is 5.73 Å². The Balaban J connectivity index is 0.00000132. The van der Waals surface area contributed by atoms with Crippen LogP contribution in [0.4, 0.5) is 5.82 Å². The fraction of sp³-hybridized carbons (Fsp3) is 0.176. The van der Waals surface area contributed by atoms with Gasteiger partial charge in [0, 0.05) is 29.3 Å². The highest BCUT2D eigenvalue weighted by Gasteiger charge is 2.28. The maximum Gasteiger partial charge on any atom is 0.123 e. The van der Waals surface area contributed by atoms with Crippen molar-refractivity contribution in [1.29, 1.82) is 0 Å². The van der Waals surface area contributed by atoms with E-state index in [-0.39, 0.29) is 12.4 Å². The maximum atomic E-state index is 5.86. The topological polar surface area (TPSA) is 51.8 Å². The third kappa shape index (κ3) is 2.45. The number of pyridine rings is 2. The van der Waals surface area contributed by atoms with Crippen LogP contribution in [0.15, 0.2) is 48.8 Å². The SMILES string of the molecule is Cl.Nc1ccc(-c2cccc3ccncc23)c(C2CC2)n1. The summed E-state index contributed by atoms with van der Waals surface area (Å²) >= 11 is 0. The van der Waals surface area contributed by atoms with Crippen LogP contribution in [0.25, 0.3) is 21.9 Å². The smallest absolute Gasteiger partial charge is 0.123 e. The Morgan fingerprint density at radius 2 is 1.86 bits per heavy atom. The minimum absolute atomic E-state index is 0. The molecule has 4 rings (SSSR count). The van der Waals surface area contributed by atoms with E-state index in [0.717, 1.165) is 5.69 Å². The Bertz CT molecular complexity index is 792. The summed E-state index contributed by atoms with van der Waals surface area (Å²) in [6.45, 7) is 0. The van der Waals surface area contributed by atoms with Crippen LogP contribution in [0.2, 0.25) is 0 Å². The standard InChI is InChI=1S/C17H15N3.ClH/c18-16-7-6-14(17(20-16)12-4-5-12)13-3-1-2-11-8-9-19-10-15(11)13;/h1-3,6-10,12H,4-5H2,(H2,18,20);1H. The van der Waals surface area contributed by atoms with Gasteiger partial charge in [0.05, 0.1) is 5.69 Å². The Morgan fingerprint density at radius 3 is 2.67 bits per heavy atom. The molecule has 0 bridgehead atoms. The first-order chi connectivity index (χ1) is 9.83. The molecule has 0 unspecified atom stereocenters. The van der Waals surface area contributed by atoms with Crippen molar-refractivity contribution in [2.24, 2.45) is 0 Å². The molecule has 0 atom stereocenters. The number of anilines is 1. The van der Waals surface area contributed by atoms with Crippen LogP contribution in [0.3, 0.4) is 0 Å². The number of nitrogens with two attached hydrogens (primary N) is 1. The van der Waals surface area contributed by atoms with Crippen LogP contribution in [-0.4, -0.2) is 9.97 Å². The average molecular weight is 298 g/mol. The molecule has 2 N–H and O–H groups in total. The minimum atomic E-state index is 0. The van der Waals surface area contributed by atoms with E-state index in [0.29, 0.717) is 11.7 Å². The van der Waals surface area contributed by atoms with Crippen LogP contribution < -0.4 is 5.73 Å². The summed E-state index contributed by atoms with van der Waals surface area (Å²) in [7, 11) is 0. The Hall–Kier alpha value is -2.13. The molecule has 1 fully saturated rings. The highest BCUT2D eigenvalue weighted by atomic mass is 35.5. The zero-order valence-electron chi connectivity index (χ0n) is 11.5. The van der Waals surface area contributed by atoms with Gasteiger partial charge in [-0.2, -0.15) is 0 Å². The second-order valence-corrected chi connectivity index (χ2v) is 5.35. The van der Waals surface area contributed by atoms with Crippen molar-refractivity contribution < 1.29 is 0 Å². The van der Waals surface area contributed by atoms with E-state index < -0.39 is 0 Å².